The molecule has 1 aliphatic rings. The SMILES string of the molecule is CCCCCCCCc1ccc(NC(=O)NC2(CC(=O)OCC)CN(C(=O)O)C2)cc1. The fourth-order valence-corrected chi connectivity index (χ4v) is 3.81. The van der Waals surface area contributed by atoms with E-state index >= 15 is 0 Å². The number of likely N-dealkylation sites (tertiary alicyclic amines) is 1. The van der Waals surface area contributed by atoms with Crippen LogP contribution >= 0.6 is 0 Å². The number of carbonyl (C=O) groups excluding carboxylic acids is 2. The van der Waals surface area contributed by atoms with E-state index in [1.165, 1.54) is 37.7 Å². The van der Waals surface area contributed by atoms with Gasteiger partial charge in [-0.1, -0.05) is 51.2 Å². The minimum Gasteiger partial charge on any atom is -0.466 e. The molecule has 1 saturated heterocycles. The minimum atomic E-state index is -1.08. The quantitative estimate of drug-likeness (QED) is 0.334. The first-order valence-electron chi connectivity index (χ1n) is 11.2. The molecule has 0 radical (unpaired) electrons. The highest BCUT2D eigenvalue weighted by molar-refractivity contribution is 5.90. The maximum absolute atomic E-state index is 12.5. The largest absolute Gasteiger partial charge is 0.466 e. The van der Waals surface area contributed by atoms with E-state index in [0.29, 0.717) is 5.69 Å². The van der Waals surface area contributed by atoms with Crippen LogP contribution in [0.25, 0.3) is 0 Å². The minimum absolute atomic E-state index is 0.0474. The summed E-state index contributed by atoms with van der Waals surface area (Å²) in [7, 11) is 0. The first kappa shape index (κ1) is 24.5. The lowest BCUT2D eigenvalue weighted by Gasteiger charge is -2.48. The maximum Gasteiger partial charge on any atom is 0.407 e. The van der Waals surface area contributed by atoms with E-state index in [0.717, 1.165) is 17.7 Å². The number of anilines is 1. The van der Waals surface area contributed by atoms with Crippen LogP contribution in [0.2, 0.25) is 0 Å². The first-order valence-corrected chi connectivity index (χ1v) is 11.2. The number of carboxylic acid groups (broad SMARTS) is 1. The third-order valence-corrected chi connectivity index (χ3v) is 5.46. The van der Waals surface area contributed by atoms with Crippen molar-refractivity contribution in [2.75, 3.05) is 25.0 Å². The van der Waals surface area contributed by atoms with E-state index < -0.39 is 23.6 Å². The van der Waals surface area contributed by atoms with Gasteiger partial charge in [0.25, 0.3) is 0 Å². The zero-order valence-electron chi connectivity index (χ0n) is 18.6. The normalized spacial score (nSPS) is 14.5. The smallest absolute Gasteiger partial charge is 0.407 e. The summed E-state index contributed by atoms with van der Waals surface area (Å²) in [5, 5.41) is 14.6. The fraction of sp³-hybridized carbons (Fsp3) is 0.609. The standard InChI is InChI=1S/C23H35N3O5/c1-3-5-6-7-8-9-10-18-11-13-19(14-12-18)24-21(28)25-23(15-20(27)31-4-2)16-26(17-23)22(29)30/h11-14H,3-10,15-17H2,1-2H3,(H,29,30)(H2,24,25,28). The Kier molecular flexibility index (Phi) is 9.62. The van der Waals surface area contributed by atoms with Crippen LogP contribution in [0.15, 0.2) is 24.3 Å². The van der Waals surface area contributed by atoms with Gasteiger partial charge in [0, 0.05) is 18.8 Å². The molecule has 0 atom stereocenters. The van der Waals surface area contributed by atoms with Crippen LogP contribution in [0.3, 0.4) is 0 Å². The number of nitrogens with one attached hydrogen (secondary N) is 2. The van der Waals surface area contributed by atoms with Gasteiger partial charge in [-0.2, -0.15) is 0 Å². The number of unbranched alkanes of at least 4 members (excludes halogenated alkanes) is 5. The van der Waals surface area contributed by atoms with Crippen molar-refractivity contribution in [3.8, 4) is 0 Å². The summed E-state index contributed by atoms with van der Waals surface area (Å²) in [6.07, 6.45) is 7.40. The number of carbonyl (C=O) groups is 3. The van der Waals surface area contributed by atoms with Gasteiger partial charge in [-0.15, -0.1) is 0 Å². The molecule has 0 aromatic heterocycles. The molecule has 1 aliphatic heterocycles. The number of benzene rings is 1. The number of urea groups is 1. The summed E-state index contributed by atoms with van der Waals surface area (Å²) in [6.45, 7) is 4.24. The summed E-state index contributed by atoms with van der Waals surface area (Å²) in [5.41, 5.74) is 0.924. The zero-order chi connectivity index (χ0) is 22.7. The molecular formula is C23H35N3O5. The summed E-state index contributed by atoms with van der Waals surface area (Å²) >= 11 is 0. The molecule has 172 valence electrons. The molecule has 0 aliphatic carbocycles. The van der Waals surface area contributed by atoms with Crippen molar-refractivity contribution >= 4 is 23.8 Å². The third-order valence-electron chi connectivity index (χ3n) is 5.46. The molecule has 3 N–H and O–H groups in total. The molecule has 8 nitrogen and oxygen atoms in total. The number of ether oxygens (including phenoxy) is 1. The van der Waals surface area contributed by atoms with Crippen LogP contribution in [0, 0.1) is 0 Å². The van der Waals surface area contributed by atoms with Crippen LogP contribution in [-0.2, 0) is 16.0 Å². The van der Waals surface area contributed by atoms with E-state index in [1.807, 2.05) is 24.3 Å². The van der Waals surface area contributed by atoms with Crippen LogP contribution in [-0.4, -0.2) is 53.3 Å². The van der Waals surface area contributed by atoms with Gasteiger partial charge in [-0.3, -0.25) is 4.79 Å². The molecule has 2 rings (SSSR count). The van der Waals surface area contributed by atoms with Gasteiger partial charge < -0.3 is 25.4 Å². The van der Waals surface area contributed by atoms with Crippen LogP contribution < -0.4 is 10.6 Å². The second-order valence-corrected chi connectivity index (χ2v) is 8.19. The van der Waals surface area contributed by atoms with E-state index in [4.69, 9.17) is 9.84 Å². The van der Waals surface area contributed by atoms with Crippen molar-refractivity contribution in [1.82, 2.24) is 10.2 Å². The zero-order valence-corrected chi connectivity index (χ0v) is 18.6. The van der Waals surface area contributed by atoms with Crippen molar-refractivity contribution in [2.24, 2.45) is 0 Å². The maximum atomic E-state index is 12.5. The molecule has 8 heteroatoms. The van der Waals surface area contributed by atoms with Crippen molar-refractivity contribution < 1.29 is 24.2 Å². The van der Waals surface area contributed by atoms with E-state index in [2.05, 4.69) is 17.6 Å². The Balaban J connectivity index is 1.82. The van der Waals surface area contributed by atoms with Gasteiger partial charge in [0.05, 0.1) is 18.6 Å². The lowest BCUT2D eigenvalue weighted by Crippen LogP contribution is -2.72. The molecule has 31 heavy (non-hydrogen) atoms. The van der Waals surface area contributed by atoms with Crippen molar-refractivity contribution in [3.63, 3.8) is 0 Å². The highest BCUT2D eigenvalue weighted by Crippen LogP contribution is 2.26. The average Bonchev–Trinajstić information content (AvgIpc) is 2.69. The summed E-state index contributed by atoms with van der Waals surface area (Å²) in [5.74, 6) is -0.466. The summed E-state index contributed by atoms with van der Waals surface area (Å²) < 4.78 is 4.96. The molecule has 0 bridgehead atoms. The van der Waals surface area contributed by atoms with Gasteiger partial charge in [0.1, 0.15) is 0 Å². The molecule has 3 amide bonds. The van der Waals surface area contributed by atoms with Gasteiger partial charge in [0.15, 0.2) is 0 Å². The Morgan fingerprint density at radius 2 is 1.68 bits per heavy atom. The van der Waals surface area contributed by atoms with Crippen molar-refractivity contribution in [3.05, 3.63) is 29.8 Å². The topological polar surface area (TPSA) is 108 Å². The number of esters is 1. The molecule has 1 heterocycles. The molecule has 0 saturated carbocycles. The molecule has 0 unspecified atom stereocenters. The lowest BCUT2D eigenvalue weighted by atomic mass is 9.86. The fourth-order valence-electron chi connectivity index (χ4n) is 3.81. The van der Waals surface area contributed by atoms with Crippen LogP contribution in [0.4, 0.5) is 15.3 Å². The summed E-state index contributed by atoms with van der Waals surface area (Å²) in [4.78, 5) is 36.6. The van der Waals surface area contributed by atoms with Gasteiger partial charge in [-0.25, -0.2) is 9.59 Å². The number of aryl methyl sites for hydroxylation is 1. The van der Waals surface area contributed by atoms with Gasteiger partial charge in [-0.05, 0) is 37.5 Å². The Bertz CT molecular complexity index is 729. The van der Waals surface area contributed by atoms with Crippen LogP contribution in [0.1, 0.15) is 64.4 Å². The Hall–Kier alpha value is -2.77. The first-order chi connectivity index (χ1) is 14.9. The predicted molar refractivity (Wildman–Crippen MR) is 119 cm³/mol. The number of rotatable bonds is 12. The number of hydrogen-bond donors (Lipinski definition) is 3. The average molecular weight is 434 g/mol. The Labute approximate surface area is 184 Å². The molecule has 0 spiro atoms. The van der Waals surface area contributed by atoms with E-state index in [1.54, 1.807) is 6.92 Å². The van der Waals surface area contributed by atoms with E-state index in [-0.39, 0.29) is 26.1 Å². The Morgan fingerprint density at radius 3 is 2.29 bits per heavy atom. The number of amides is 3. The van der Waals surface area contributed by atoms with E-state index in [9.17, 15) is 14.4 Å². The van der Waals surface area contributed by atoms with Crippen molar-refractivity contribution in [2.45, 2.75) is 70.8 Å². The molecular weight excluding hydrogens is 398 g/mol. The molecule has 1 fully saturated rings. The highest BCUT2D eigenvalue weighted by Gasteiger charge is 2.48. The monoisotopic (exact) mass is 433 g/mol. The second kappa shape index (κ2) is 12.2. The van der Waals surface area contributed by atoms with Gasteiger partial charge in [0.2, 0.25) is 0 Å². The third kappa shape index (κ3) is 8.11. The number of hydrogen-bond acceptors (Lipinski definition) is 4. The van der Waals surface area contributed by atoms with Crippen LogP contribution in [0.5, 0.6) is 0 Å². The van der Waals surface area contributed by atoms with Gasteiger partial charge >= 0.3 is 18.1 Å². The predicted octanol–water partition coefficient (Wildman–Crippen LogP) is 4.40. The summed E-state index contributed by atoms with van der Waals surface area (Å²) in [6, 6.07) is 7.25. The second-order valence-electron chi connectivity index (χ2n) is 8.19. The molecule has 1 aromatic rings. The van der Waals surface area contributed by atoms with Crippen molar-refractivity contribution in [1.29, 1.82) is 0 Å². The number of nitrogens with zero attached hydrogens (tertiary/aromatic N) is 1. The lowest BCUT2D eigenvalue weighted by molar-refractivity contribution is -0.146. The molecule has 1 aromatic carbocycles. The Morgan fingerprint density at radius 1 is 1.03 bits per heavy atom. The highest BCUT2D eigenvalue weighted by atomic mass is 16.5.